The fourth-order valence-corrected chi connectivity index (χ4v) is 5.28. The summed E-state index contributed by atoms with van der Waals surface area (Å²) in [6.45, 7) is 3.98. The molecule has 0 amide bonds. The zero-order valence-electron chi connectivity index (χ0n) is 15.7. The van der Waals surface area contributed by atoms with Crippen LogP contribution in [0.5, 0.6) is 0 Å². The van der Waals surface area contributed by atoms with Crippen LogP contribution in [0.3, 0.4) is 0 Å². The number of fused-ring (bicyclic) bond motifs is 1. The average molecular weight is 414 g/mol. The van der Waals surface area contributed by atoms with Gasteiger partial charge in [-0.1, -0.05) is 87.6 Å². The first kappa shape index (κ1) is 21.6. The van der Waals surface area contributed by atoms with Gasteiger partial charge in [0.25, 0.3) is 0 Å². The van der Waals surface area contributed by atoms with Crippen LogP contribution in [0.2, 0.25) is 4.47 Å². The minimum absolute atomic E-state index is 0.102. The first-order chi connectivity index (χ1) is 12.6. The number of hydrogen-bond acceptors (Lipinski definition) is 5. The van der Waals surface area contributed by atoms with E-state index < -0.39 is 0 Å². The number of halogens is 1. The van der Waals surface area contributed by atoms with E-state index in [4.69, 9.17) is 11.6 Å². The summed E-state index contributed by atoms with van der Waals surface area (Å²) in [5.74, 6) is 0.627. The molecule has 0 saturated carbocycles. The van der Waals surface area contributed by atoms with Crippen molar-refractivity contribution in [3.63, 3.8) is 0 Å². The fourth-order valence-electron chi connectivity index (χ4n) is 3.09. The fraction of sp³-hybridized carbons (Fsp3) is 0.650. The number of Topliss-reactive ketones (excluding diaryl/α,β-unsaturated/α-hetero) is 2. The number of ketones is 2. The second-order valence-corrected chi connectivity index (χ2v) is 9.47. The predicted molar refractivity (Wildman–Crippen MR) is 113 cm³/mol. The van der Waals surface area contributed by atoms with Gasteiger partial charge in [-0.3, -0.25) is 9.59 Å². The molecule has 2 rings (SSSR count). The Morgan fingerprint density at radius 1 is 0.923 bits per heavy atom. The third-order valence-corrected chi connectivity index (χ3v) is 7.09. The van der Waals surface area contributed by atoms with Crippen molar-refractivity contribution in [1.82, 2.24) is 4.98 Å². The minimum Gasteiger partial charge on any atom is -0.288 e. The number of carbonyl (C=O) groups excluding carboxylic acids is 2. The maximum atomic E-state index is 12.6. The number of carbonyl (C=O) groups is 2. The van der Waals surface area contributed by atoms with E-state index in [1.807, 2.05) is 0 Å². The van der Waals surface area contributed by atoms with Gasteiger partial charge >= 0.3 is 0 Å². The molecule has 0 N–H and O–H groups in total. The summed E-state index contributed by atoms with van der Waals surface area (Å²) in [6.07, 6.45) is 12.9. The second-order valence-electron chi connectivity index (χ2n) is 6.79. The number of allylic oxidation sites excluding steroid dienone is 2. The van der Waals surface area contributed by atoms with Crippen LogP contribution in [0.25, 0.3) is 0 Å². The summed E-state index contributed by atoms with van der Waals surface area (Å²) in [5, 5.41) is 0. The van der Waals surface area contributed by atoms with Gasteiger partial charge in [0, 0.05) is 5.57 Å². The third kappa shape index (κ3) is 5.93. The highest BCUT2D eigenvalue weighted by Gasteiger charge is 2.33. The lowest BCUT2D eigenvalue weighted by atomic mass is 10.0. The Bertz CT molecular complexity index is 667. The third-order valence-electron chi connectivity index (χ3n) is 4.65. The van der Waals surface area contributed by atoms with Crippen molar-refractivity contribution in [3.8, 4) is 0 Å². The number of hydrogen-bond donors (Lipinski definition) is 0. The molecular weight excluding hydrogens is 386 g/mol. The summed E-state index contributed by atoms with van der Waals surface area (Å²) in [5.41, 5.74) is 0.779. The van der Waals surface area contributed by atoms with Crippen molar-refractivity contribution in [2.45, 2.75) is 78.1 Å². The molecule has 3 nitrogen and oxygen atoms in total. The maximum Gasteiger partial charge on any atom is 0.219 e. The number of thiazole rings is 1. The molecule has 0 unspecified atom stereocenters. The standard InChI is InChI=1S/C20H28ClNO2S2/c1-3-4-5-6-7-8-9-10-11-12-13-25-18-14(2)16(23)19-15(17(18)24)22-20(21)26-19/h3-13H2,1-2H3. The van der Waals surface area contributed by atoms with Crippen LogP contribution >= 0.6 is 34.7 Å². The molecule has 0 bridgehead atoms. The van der Waals surface area contributed by atoms with Crippen molar-refractivity contribution in [3.05, 3.63) is 25.5 Å². The molecular formula is C20H28ClNO2S2. The average Bonchev–Trinajstić information content (AvgIpc) is 3.02. The van der Waals surface area contributed by atoms with Gasteiger partial charge in [-0.05, 0) is 19.1 Å². The quantitative estimate of drug-likeness (QED) is 0.342. The van der Waals surface area contributed by atoms with E-state index in [1.54, 1.807) is 6.92 Å². The number of rotatable bonds is 12. The largest absolute Gasteiger partial charge is 0.288 e. The Labute approximate surface area is 170 Å². The zero-order valence-corrected chi connectivity index (χ0v) is 18.1. The summed E-state index contributed by atoms with van der Waals surface area (Å²) in [6, 6.07) is 0. The lowest BCUT2D eigenvalue weighted by Crippen LogP contribution is -2.18. The number of nitrogens with zero attached hydrogens (tertiary/aromatic N) is 1. The van der Waals surface area contributed by atoms with E-state index in [-0.39, 0.29) is 21.7 Å². The molecule has 0 aliphatic heterocycles. The van der Waals surface area contributed by atoms with Crippen molar-refractivity contribution in [2.24, 2.45) is 0 Å². The van der Waals surface area contributed by atoms with E-state index in [9.17, 15) is 9.59 Å². The SMILES string of the molecule is CCCCCCCCCCCCSC1=C(C)C(=O)c2sc(Cl)nc2C1=O. The maximum absolute atomic E-state index is 12.6. The summed E-state index contributed by atoms with van der Waals surface area (Å²) in [4.78, 5) is 29.9. The molecule has 0 fully saturated rings. The Balaban J connectivity index is 1.66. The van der Waals surface area contributed by atoms with Gasteiger partial charge in [0.1, 0.15) is 10.6 Å². The molecule has 6 heteroatoms. The zero-order chi connectivity index (χ0) is 18.9. The second kappa shape index (κ2) is 11.3. The van der Waals surface area contributed by atoms with Gasteiger partial charge in [-0.15, -0.1) is 11.8 Å². The molecule has 0 atom stereocenters. The predicted octanol–water partition coefficient (Wildman–Crippen LogP) is 7.10. The minimum atomic E-state index is -0.141. The van der Waals surface area contributed by atoms with Crippen LogP contribution in [0, 0.1) is 0 Å². The smallest absolute Gasteiger partial charge is 0.219 e. The van der Waals surface area contributed by atoms with Gasteiger partial charge in [0.15, 0.2) is 4.47 Å². The Morgan fingerprint density at radius 2 is 1.50 bits per heavy atom. The van der Waals surface area contributed by atoms with E-state index >= 15 is 0 Å². The van der Waals surface area contributed by atoms with E-state index in [1.165, 1.54) is 69.5 Å². The highest BCUT2D eigenvalue weighted by Crippen LogP contribution is 2.36. The molecule has 0 saturated heterocycles. The highest BCUT2D eigenvalue weighted by atomic mass is 35.5. The molecule has 1 heterocycles. The van der Waals surface area contributed by atoms with Gasteiger partial charge in [-0.25, -0.2) is 4.98 Å². The van der Waals surface area contributed by atoms with Crippen molar-refractivity contribution in [1.29, 1.82) is 0 Å². The van der Waals surface area contributed by atoms with Gasteiger partial charge in [0.2, 0.25) is 11.6 Å². The molecule has 1 aliphatic carbocycles. The Morgan fingerprint density at radius 3 is 2.12 bits per heavy atom. The van der Waals surface area contributed by atoms with E-state index in [0.717, 1.165) is 23.5 Å². The van der Waals surface area contributed by atoms with Crippen molar-refractivity contribution in [2.75, 3.05) is 5.75 Å². The summed E-state index contributed by atoms with van der Waals surface area (Å²) >= 11 is 8.47. The number of thioether (sulfide) groups is 1. The van der Waals surface area contributed by atoms with Crippen LogP contribution in [0.15, 0.2) is 10.5 Å². The molecule has 0 spiro atoms. The Kier molecular flexibility index (Phi) is 9.37. The summed E-state index contributed by atoms with van der Waals surface area (Å²) in [7, 11) is 0. The first-order valence-electron chi connectivity index (χ1n) is 9.65. The van der Waals surface area contributed by atoms with Crippen LogP contribution in [0.1, 0.15) is 98.2 Å². The first-order valence-corrected chi connectivity index (χ1v) is 11.8. The highest BCUT2D eigenvalue weighted by molar-refractivity contribution is 8.04. The topological polar surface area (TPSA) is 47.0 Å². The normalized spacial score (nSPS) is 14.3. The van der Waals surface area contributed by atoms with Crippen molar-refractivity contribution >= 4 is 46.3 Å². The summed E-state index contributed by atoms with van der Waals surface area (Å²) < 4.78 is 0.255. The molecule has 26 heavy (non-hydrogen) atoms. The molecule has 1 aromatic heterocycles. The molecule has 1 aromatic rings. The van der Waals surface area contributed by atoms with Crippen LogP contribution in [-0.4, -0.2) is 22.3 Å². The molecule has 0 aromatic carbocycles. The Hall–Kier alpha value is -0.650. The van der Waals surface area contributed by atoms with Crippen LogP contribution in [-0.2, 0) is 0 Å². The lowest BCUT2D eigenvalue weighted by molar-refractivity contribution is 0.0982. The lowest BCUT2D eigenvalue weighted by Gasteiger charge is -2.14. The van der Waals surface area contributed by atoms with Crippen molar-refractivity contribution < 1.29 is 9.59 Å². The van der Waals surface area contributed by atoms with Crippen LogP contribution < -0.4 is 0 Å². The van der Waals surface area contributed by atoms with Gasteiger partial charge in [0.05, 0.1) is 4.91 Å². The van der Waals surface area contributed by atoms with E-state index in [0.29, 0.717) is 15.4 Å². The molecule has 0 radical (unpaired) electrons. The molecule has 144 valence electrons. The van der Waals surface area contributed by atoms with E-state index in [2.05, 4.69) is 11.9 Å². The van der Waals surface area contributed by atoms with Gasteiger partial charge in [-0.2, -0.15) is 0 Å². The van der Waals surface area contributed by atoms with Gasteiger partial charge < -0.3 is 0 Å². The number of unbranched alkanes of at least 4 members (excludes halogenated alkanes) is 9. The number of aromatic nitrogens is 1. The monoisotopic (exact) mass is 413 g/mol. The molecule has 1 aliphatic rings. The van der Waals surface area contributed by atoms with Crippen LogP contribution in [0.4, 0.5) is 0 Å².